The number of aryl methyl sites for hydroxylation is 2. The van der Waals surface area contributed by atoms with E-state index in [1.807, 2.05) is 70.2 Å². The molecule has 2 aromatic rings. The molecule has 172 valence electrons. The summed E-state index contributed by atoms with van der Waals surface area (Å²) in [6, 6.07) is 13.5. The van der Waals surface area contributed by atoms with Gasteiger partial charge in [-0.1, -0.05) is 61.2 Å². The fourth-order valence-corrected chi connectivity index (χ4v) is 4.14. The van der Waals surface area contributed by atoms with Gasteiger partial charge in [0.15, 0.2) is 6.61 Å². The molecule has 1 saturated carbocycles. The normalized spacial score (nSPS) is 15.1. The van der Waals surface area contributed by atoms with Gasteiger partial charge in [0.25, 0.3) is 5.91 Å². The number of amides is 2. The molecular weight excluding hydrogens is 400 g/mol. The number of hydrogen-bond donors (Lipinski definition) is 1. The Morgan fingerprint density at radius 1 is 1.03 bits per heavy atom. The van der Waals surface area contributed by atoms with Gasteiger partial charge in [-0.15, -0.1) is 0 Å². The van der Waals surface area contributed by atoms with Crippen LogP contribution in [-0.2, 0) is 16.1 Å². The zero-order valence-electron chi connectivity index (χ0n) is 19.8. The lowest BCUT2D eigenvalue weighted by atomic mass is 9.95. The molecule has 1 fully saturated rings. The molecule has 0 spiro atoms. The monoisotopic (exact) mass is 436 g/mol. The molecule has 3 rings (SSSR count). The maximum absolute atomic E-state index is 13.2. The maximum Gasteiger partial charge on any atom is 0.261 e. The lowest BCUT2D eigenvalue weighted by Crippen LogP contribution is -2.51. The first kappa shape index (κ1) is 23.8. The third kappa shape index (κ3) is 6.35. The van der Waals surface area contributed by atoms with Crippen LogP contribution in [0.15, 0.2) is 42.5 Å². The van der Waals surface area contributed by atoms with Crippen LogP contribution < -0.4 is 10.1 Å². The summed E-state index contributed by atoms with van der Waals surface area (Å²) in [5.41, 5.74) is 4.29. The van der Waals surface area contributed by atoms with Crippen LogP contribution >= 0.6 is 0 Å². The van der Waals surface area contributed by atoms with Gasteiger partial charge < -0.3 is 15.0 Å². The highest BCUT2D eigenvalue weighted by Gasteiger charge is 2.28. The van der Waals surface area contributed by atoms with E-state index >= 15 is 0 Å². The summed E-state index contributed by atoms with van der Waals surface area (Å²) in [5, 5.41) is 3.17. The van der Waals surface area contributed by atoms with Crippen molar-refractivity contribution < 1.29 is 14.3 Å². The summed E-state index contributed by atoms with van der Waals surface area (Å²) >= 11 is 0. The minimum atomic E-state index is -0.576. The summed E-state index contributed by atoms with van der Waals surface area (Å²) in [7, 11) is 0. The van der Waals surface area contributed by atoms with Crippen molar-refractivity contribution in [1.82, 2.24) is 10.2 Å². The Bertz CT molecular complexity index is 917. The lowest BCUT2D eigenvalue weighted by Gasteiger charge is -2.31. The minimum Gasteiger partial charge on any atom is -0.483 e. The van der Waals surface area contributed by atoms with Crippen LogP contribution in [0.3, 0.4) is 0 Å². The summed E-state index contributed by atoms with van der Waals surface area (Å²) < 4.78 is 5.87. The molecule has 1 atom stereocenters. The zero-order chi connectivity index (χ0) is 23.1. The third-order valence-electron chi connectivity index (χ3n) is 6.50. The Labute approximate surface area is 192 Å². The Balaban J connectivity index is 1.72. The summed E-state index contributed by atoms with van der Waals surface area (Å²) in [5.74, 6) is 0.412. The second kappa shape index (κ2) is 11.2. The number of carbonyl (C=O) groups is 2. The maximum atomic E-state index is 13.2. The minimum absolute atomic E-state index is 0.0934. The van der Waals surface area contributed by atoms with Crippen molar-refractivity contribution in [3.63, 3.8) is 0 Å². The van der Waals surface area contributed by atoms with Crippen LogP contribution in [0.2, 0.25) is 0 Å². The summed E-state index contributed by atoms with van der Waals surface area (Å²) in [6.07, 6.45) is 5.56. The van der Waals surface area contributed by atoms with Gasteiger partial charge in [0.1, 0.15) is 11.8 Å². The Morgan fingerprint density at radius 3 is 2.41 bits per heavy atom. The van der Waals surface area contributed by atoms with Crippen molar-refractivity contribution in [2.45, 2.75) is 78.4 Å². The van der Waals surface area contributed by atoms with Crippen LogP contribution in [-0.4, -0.2) is 35.4 Å². The molecule has 1 N–H and O–H groups in total. The fourth-order valence-electron chi connectivity index (χ4n) is 4.14. The fraction of sp³-hybridized carbons (Fsp3) is 0.481. The number of carbonyl (C=O) groups excluding carboxylic acids is 2. The number of hydrogen-bond acceptors (Lipinski definition) is 3. The molecule has 2 amide bonds. The molecule has 1 aliphatic rings. The molecule has 0 aliphatic heterocycles. The van der Waals surface area contributed by atoms with Gasteiger partial charge in [-0.2, -0.15) is 0 Å². The Morgan fingerprint density at radius 2 is 1.72 bits per heavy atom. The van der Waals surface area contributed by atoms with Crippen LogP contribution in [0.1, 0.15) is 61.3 Å². The standard InChI is InChI=1S/C27H36N2O3/c1-19-13-15-23(16-14-19)17-29(22(4)27(31)28-24-10-6-5-7-11-24)26(30)18-32-25-12-8-9-20(2)21(25)3/h8-9,12-16,22,24H,5-7,10-11,17-18H2,1-4H3,(H,28,31)/t22-/m1/s1. The van der Waals surface area contributed by atoms with E-state index in [1.54, 1.807) is 4.90 Å². The highest BCUT2D eigenvalue weighted by atomic mass is 16.5. The number of nitrogens with one attached hydrogen (secondary N) is 1. The van der Waals surface area contributed by atoms with E-state index in [0.717, 1.165) is 47.9 Å². The van der Waals surface area contributed by atoms with E-state index in [1.165, 1.54) is 6.42 Å². The number of benzene rings is 2. The average Bonchev–Trinajstić information content (AvgIpc) is 2.79. The molecule has 32 heavy (non-hydrogen) atoms. The van der Waals surface area contributed by atoms with Gasteiger partial charge in [0.2, 0.25) is 5.91 Å². The molecule has 5 nitrogen and oxygen atoms in total. The quantitative estimate of drug-likeness (QED) is 0.643. The van der Waals surface area contributed by atoms with E-state index in [4.69, 9.17) is 4.74 Å². The van der Waals surface area contributed by atoms with Gasteiger partial charge in [-0.25, -0.2) is 0 Å². The molecule has 0 aromatic heterocycles. The van der Waals surface area contributed by atoms with Gasteiger partial charge in [-0.3, -0.25) is 9.59 Å². The Kier molecular flexibility index (Phi) is 8.32. The molecule has 1 aliphatic carbocycles. The predicted octanol–water partition coefficient (Wildman–Crippen LogP) is 4.86. The molecule has 0 unspecified atom stereocenters. The second-order valence-corrected chi connectivity index (χ2v) is 9.01. The summed E-state index contributed by atoms with van der Waals surface area (Å²) in [6.45, 7) is 8.11. The first-order valence-corrected chi connectivity index (χ1v) is 11.7. The molecule has 2 aromatic carbocycles. The van der Waals surface area contributed by atoms with Crippen LogP contribution in [0.25, 0.3) is 0 Å². The van der Waals surface area contributed by atoms with Gasteiger partial charge in [0, 0.05) is 12.6 Å². The number of nitrogens with zero attached hydrogens (tertiary/aromatic N) is 1. The van der Waals surface area contributed by atoms with Crippen LogP contribution in [0, 0.1) is 20.8 Å². The van der Waals surface area contributed by atoms with E-state index in [9.17, 15) is 9.59 Å². The SMILES string of the molecule is Cc1ccc(CN(C(=O)COc2cccc(C)c2C)[C@H](C)C(=O)NC2CCCCC2)cc1. The van der Waals surface area contributed by atoms with E-state index < -0.39 is 6.04 Å². The zero-order valence-corrected chi connectivity index (χ0v) is 19.8. The van der Waals surface area contributed by atoms with Crippen molar-refractivity contribution in [1.29, 1.82) is 0 Å². The van der Waals surface area contributed by atoms with Crippen molar-refractivity contribution in [2.75, 3.05) is 6.61 Å². The van der Waals surface area contributed by atoms with Crippen molar-refractivity contribution in [3.05, 3.63) is 64.7 Å². The van der Waals surface area contributed by atoms with Crippen molar-refractivity contribution >= 4 is 11.8 Å². The molecule has 0 radical (unpaired) electrons. The molecular formula is C27H36N2O3. The highest BCUT2D eigenvalue weighted by molar-refractivity contribution is 5.88. The number of rotatable bonds is 8. The van der Waals surface area contributed by atoms with E-state index in [-0.39, 0.29) is 24.5 Å². The van der Waals surface area contributed by atoms with E-state index in [0.29, 0.717) is 12.3 Å². The summed E-state index contributed by atoms with van der Waals surface area (Å²) in [4.78, 5) is 27.9. The van der Waals surface area contributed by atoms with Crippen LogP contribution in [0.5, 0.6) is 5.75 Å². The largest absolute Gasteiger partial charge is 0.483 e. The number of ether oxygens (including phenoxy) is 1. The first-order chi connectivity index (χ1) is 15.3. The van der Waals surface area contributed by atoms with Crippen molar-refractivity contribution in [3.8, 4) is 5.75 Å². The lowest BCUT2D eigenvalue weighted by molar-refractivity contribution is -0.142. The van der Waals surface area contributed by atoms with E-state index in [2.05, 4.69) is 5.32 Å². The van der Waals surface area contributed by atoms with Crippen molar-refractivity contribution in [2.24, 2.45) is 0 Å². The van der Waals surface area contributed by atoms with Crippen LogP contribution in [0.4, 0.5) is 0 Å². The molecule has 5 heteroatoms. The third-order valence-corrected chi connectivity index (χ3v) is 6.50. The second-order valence-electron chi connectivity index (χ2n) is 9.01. The average molecular weight is 437 g/mol. The first-order valence-electron chi connectivity index (χ1n) is 11.7. The molecule has 0 heterocycles. The van der Waals surface area contributed by atoms with Gasteiger partial charge in [-0.05, 0) is 63.3 Å². The smallest absolute Gasteiger partial charge is 0.261 e. The predicted molar refractivity (Wildman–Crippen MR) is 128 cm³/mol. The molecule has 0 bridgehead atoms. The van der Waals surface area contributed by atoms with Gasteiger partial charge in [0.05, 0.1) is 0 Å². The van der Waals surface area contributed by atoms with Gasteiger partial charge >= 0.3 is 0 Å². The Hall–Kier alpha value is -2.82. The molecule has 0 saturated heterocycles. The topological polar surface area (TPSA) is 58.6 Å². The highest BCUT2D eigenvalue weighted by Crippen LogP contribution is 2.21.